The summed E-state index contributed by atoms with van der Waals surface area (Å²) in [6.45, 7) is 6.39. The fourth-order valence-corrected chi connectivity index (χ4v) is 4.19. The first-order valence-electron chi connectivity index (χ1n) is 11.9. The van der Waals surface area contributed by atoms with Gasteiger partial charge in [-0.15, -0.1) is 0 Å². The number of alkyl halides is 1. The van der Waals surface area contributed by atoms with Crippen molar-refractivity contribution in [2.45, 2.75) is 45.8 Å². The van der Waals surface area contributed by atoms with Crippen LogP contribution in [0.3, 0.4) is 0 Å². The predicted octanol–water partition coefficient (Wildman–Crippen LogP) is 4.24. The fraction of sp³-hybridized carbons (Fsp3) is 0.444. The number of nitrogens with zero attached hydrogens (tertiary/aromatic N) is 4. The van der Waals surface area contributed by atoms with Gasteiger partial charge in [-0.3, -0.25) is 9.78 Å². The van der Waals surface area contributed by atoms with E-state index >= 15 is 0 Å². The minimum atomic E-state index is -0.638. The third-order valence-corrected chi connectivity index (χ3v) is 5.88. The molecular weight excluding hydrogens is 445 g/mol. The van der Waals surface area contributed by atoms with Gasteiger partial charge in [0.2, 0.25) is 5.91 Å². The first kappa shape index (κ1) is 26.5. The standard InChI is InChI=1S/C27H36FN5O2/c1-27(2,3)25(33(24(34)19-35-4)15-12-22(29)16-28)26-31-23(21-8-6-5-7-9-21)18-32(26)17-20-10-13-30-14-11-20/h5-11,13-14,18,22,25H,12,15-17,19,29H2,1-4H3. The molecule has 0 aliphatic heterocycles. The van der Waals surface area contributed by atoms with Crippen LogP contribution in [-0.2, 0) is 16.1 Å². The lowest BCUT2D eigenvalue weighted by atomic mass is 9.84. The van der Waals surface area contributed by atoms with Gasteiger partial charge >= 0.3 is 0 Å². The molecule has 0 aliphatic carbocycles. The van der Waals surface area contributed by atoms with Gasteiger partial charge in [0.05, 0.1) is 11.7 Å². The van der Waals surface area contributed by atoms with Crippen LogP contribution < -0.4 is 5.73 Å². The van der Waals surface area contributed by atoms with Crippen LogP contribution in [0, 0.1) is 5.41 Å². The lowest BCUT2D eigenvalue weighted by molar-refractivity contribution is -0.140. The molecule has 0 bridgehead atoms. The van der Waals surface area contributed by atoms with Crippen LogP contribution in [-0.4, -0.2) is 58.3 Å². The van der Waals surface area contributed by atoms with Gasteiger partial charge in [-0.05, 0) is 29.5 Å². The number of rotatable bonds is 11. The highest BCUT2D eigenvalue weighted by Crippen LogP contribution is 2.39. The number of halogens is 1. The van der Waals surface area contributed by atoms with Gasteiger partial charge in [-0.25, -0.2) is 9.37 Å². The monoisotopic (exact) mass is 481 g/mol. The van der Waals surface area contributed by atoms with E-state index in [1.54, 1.807) is 17.3 Å². The van der Waals surface area contributed by atoms with Crippen molar-refractivity contribution in [1.82, 2.24) is 19.4 Å². The normalized spacial score (nSPS) is 13.4. The van der Waals surface area contributed by atoms with Crippen molar-refractivity contribution in [2.24, 2.45) is 11.1 Å². The van der Waals surface area contributed by atoms with Crippen molar-refractivity contribution in [2.75, 3.05) is 26.9 Å². The highest BCUT2D eigenvalue weighted by atomic mass is 19.1. The van der Waals surface area contributed by atoms with Crippen molar-refractivity contribution in [1.29, 1.82) is 0 Å². The van der Waals surface area contributed by atoms with Crippen molar-refractivity contribution < 1.29 is 13.9 Å². The smallest absolute Gasteiger partial charge is 0.249 e. The lowest BCUT2D eigenvalue weighted by Gasteiger charge is -2.40. The number of nitrogens with two attached hydrogens (primary N) is 1. The summed E-state index contributed by atoms with van der Waals surface area (Å²) in [4.78, 5) is 24.2. The Morgan fingerprint density at radius 2 is 1.86 bits per heavy atom. The molecule has 2 atom stereocenters. The van der Waals surface area contributed by atoms with Gasteiger partial charge in [0.25, 0.3) is 0 Å². The average Bonchev–Trinajstić information content (AvgIpc) is 3.24. The zero-order chi connectivity index (χ0) is 25.4. The molecule has 2 heterocycles. The predicted molar refractivity (Wildman–Crippen MR) is 135 cm³/mol. The van der Waals surface area contributed by atoms with E-state index in [1.807, 2.05) is 48.7 Å². The van der Waals surface area contributed by atoms with Gasteiger partial charge in [0.1, 0.15) is 19.1 Å². The molecule has 1 aromatic carbocycles. The molecule has 0 radical (unpaired) electrons. The lowest BCUT2D eigenvalue weighted by Crippen LogP contribution is -2.45. The molecule has 2 aromatic heterocycles. The number of ether oxygens (including phenoxy) is 1. The third kappa shape index (κ3) is 6.96. The summed E-state index contributed by atoms with van der Waals surface area (Å²) in [6, 6.07) is 12.9. The van der Waals surface area contributed by atoms with E-state index in [4.69, 9.17) is 15.5 Å². The van der Waals surface area contributed by atoms with Crippen molar-refractivity contribution >= 4 is 5.91 Å². The Hall–Kier alpha value is -3.10. The van der Waals surface area contributed by atoms with Crippen LogP contribution in [0.5, 0.6) is 0 Å². The van der Waals surface area contributed by atoms with E-state index in [9.17, 15) is 9.18 Å². The van der Waals surface area contributed by atoms with Crippen LogP contribution in [0.1, 0.15) is 44.6 Å². The van der Waals surface area contributed by atoms with Crippen molar-refractivity contribution in [3.05, 3.63) is 72.4 Å². The molecule has 0 aliphatic rings. The maximum atomic E-state index is 13.3. The van der Waals surface area contributed by atoms with E-state index in [-0.39, 0.29) is 17.9 Å². The first-order valence-corrected chi connectivity index (χ1v) is 11.9. The Bertz CT molecular complexity index is 1070. The molecule has 7 nitrogen and oxygen atoms in total. The molecule has 188 valence electrons. The summed E-state index contributed by atoms with van der Waals surface area (Å²) >= 11 is 0. The molecule has 2 unspecified atom stereocenters. The van der Waals surface area contributed by atoms with E-state index < -0.39 is 18.8 Å². The van der Waals surface area contributed by atoms with E-state index in [0.717, 1.165) is 22.6 Å². The number of carbonyl (C=O) groups is 1. The van der Waals surface area contributed by atoms with E-state index in [1.165, 1.54) is 7.11 Å². The molecule has 35 heavy (non-hydrogen) atoms. The average molecular weight is 482 g/mol. The van der Waals surface area contributed by atoms with Crippen molar-refractivity contribution in [3.8, 4) is 11.3 Å². The number of methoxy groups -OCH3 is 1. The fourth-order valence-electron chi connectivity index (χ4n) is 4.19. The molecule has 0 saturated carbocycles. The van der Waals surface area contributed by atoms with Crippen LogP contribution in [0.15, 0.2) is 61.1 Å². The molecule has 2 N–H and O–H groups in total. The molecule has 3 aromatic rings. The second kappa shape index (κ2) is 12.0. The maximum absolute atomic E-state index is 13.3. The SMILES string of the molecule is COCC(=O)N(CCC(N)CF)C(c1nc(-c2ccccc2)cn1Cc1ccncc1)C(C)(C)C. The largest absolute Gasteiger partial charge is 0.375 e. The van der Waals surface area contributed by atoms with Gasteiger partial charge in [-0.1, -0.05) is 51.1 Å². The highest BCUT2D eigenvalue weighted by molar-refractivity contribution is 5.78. The number of imidazole rings is 1. The summed E-state index contributed by atoms with van der Waals surface area (Å²) in [5.74, 6) is 0.574. The molecule has 0 saturated heterocycles. The van der Waals surface area contributed by atoms with Gasteiger partial charge in [-0.2, -0.15) is 0 Å². The Balaban J connectivity index is 2.13. The number of carbonyl (C=O) groups excluding carboxylic acids is 1. The molecule has 0 fully saturated rings. The molecule has 3 rings (SSSR count). The second-order valence-corrected chi connectivity index (χ2v) is 9.83. The number of aromatic nitrogens is 3. The van der Waals surface area contributed by atoms with E-state index in [0.29, 0.717) is 19.5 Å². The van der Waals surface area contributed by atoms with Crippen LogP contribution >= 0.6 is 0 Å². The second-order valence-electron chi connectivity index (χ2n) is 9.83. The molecule has 8 heteroatoms. The summed E-state index contributed by atoms with van der Waals surface area (Å²) in [5, 5.41) is 0. The van der Waals surface area contributed by atoms with Crippen LogP contribution in [0.4, 0.5) is 4.39 Å². The molecule has 0 spiro atoms. The minimum Gasteiger partial charge on any atom is -0.375 e. The van der Waals surface area contributed by atoms with Gasteiger partial charge in [0.15, 0.2) is 0 Å². The Morgan fingerprint density at radius 3 is 2.46 bits per heavy atom. The Kier molecular flexibility index (Phi) is 9.12. The number of benzene rings is 1. The zero-order valence-electron chi connectivity index (χ0n) is 21.0. The summed E-state index contributed by atoms with van der Waals surface area (Å²) in [6.07, 6.45) is 5.89. The Labute approximate surface area is 207 Å². The van der Waals surface area contributed by atoms with Crippen molar-refractivity contribution in [3.63, 3.8) is 0 Å². The summed E-state index contributed by atoms with van der Waals surface area (Å²) in [5.41, 5.74) is 8.39. The third-order valence-electron chi connectivity index (χ3n) is 5.88. The van der Waals surface area contributed by atoms with Crippen LogP contribution in [0.25, 0.3) is 11.3 Å². The summed E-state index contributed by atoms with van der Waals surface area (Å²) < 4.78 is 20.4. The van der Waals surface area contributed by atoms with Gasteiger partial charge in [0, 0.05) is 50.4 Å². The molecular formula is C27H36FN5O2. The quantitative estimate of drug-likeness (QED) is 0.443. The number of hydrogen-bond acceptors (Lipinski definition) is 5. The first-order chi connectivity index (χ1) is 16.7. The Morgan fingerprint density at radius 1 is 1.17 bits per heavy atom. The maximum Gasteiger partial charge on any atom is 0.249 e. The minimum absolute atomic E-state index is 0.0753. The topological polar surface area (TPSA) is 86.3 Å². The van der Waals surface area contributed by atoms with Crippen LogP contribution in [0.2, 0.25) is 0 Å². The van der Waals surface area contributed by atoms with E-state index in [2.05, 4.69) is 30.3 Å². The number of amides is 1. The molecule has 1 amide bonds. The van der Waals surface area contributed by atoms with Gasteiger partial charge < -0.3 is 19.9 Å². The number of pyridine rings is 1. The highest BCUT2D eigenvalue weighted by Gasteiger charge is 2.38. The summed E-state index contributed by atoms with van der Waals surface area (Å²) in [7, 11) is 1.49. The number of hydrogen-bond donors (Lipinski definition) is 1. The zero-order valence-corrected chi connectivity index (χ0v) is 21.0.